The molecule has 1 aromatic carbocycles. The molecule has 1 aromatic heterocycles. The number of benzene rings is 1. The van der Waals surface area contributed by atoms with E-state index in [1.807, 2.05) is 52.0 Å². The Morgan fingerprint density at radius 3 is 2.48 bits per heavy atom. The molecule has 6 nitrogen and oxygen atoms in total. The highest BCUT2D eigenvalue weighted by Gasteiger charge is 2.23. The summed E-state index contributed by atoms with van der Waals surface area (Å²) in [4.78, 5) is 23.3. The van der Waals surface area contributed by atoms with Gasteiger partial charge in [-0.25, -0.2) is 14.2 Å². The lowest BCUT2D eigenvalue weighted by atomic mass is 10.1. The minimum absolute atomic E-state index is 0.165. The summed E-state index contributed by atoms with van der Waals surface area (Å²) >= 11 is 0. The highest BCUT2D eigenvalue weighted by Crippen LogP contribution is 2.27. The van der Waals surface area contributed by atoms with Crippen molar-refractivity contribution in [3.05, 3.63) is 35.5 Å². The molecule has 2 N–H and O–H groups in total. The molecule has 23 heavy (non-hydrogen) atoms. The van der Waals surface area contributed by atoms with Crippen molar-refractivity contribution < 1.29 is 19.1 Å². The van der Waals surface area contributed by atoms with Crippen LogP contribution >= 0.6 is 0 Å². The first-order chi connectivity index (χ1) is 10.7. The fourth-order valence-corrected chi connectivity index (χ4v) is 2.55. The Morgan fingerprint density at radius 2 is 1.87 bits per heavy atom. The maximum absolute atomic E-state index is 12.5. The van der Waals surface area contributed by atoms with E-state index in [1.54, 1.807) is 4.57 Å². The molecule has 2 rings (SSSR count). The van der Waals surface area contributed by atoms with E-state index >= 15 is 0 Å². The van der Waals surface area contributed by atoms with E-state index in [0.717, 1.165) is 22.2 Å². The lowest BCUT2D eigenvalue weighted by molar-refractivity contribution is 0.0541. The van der Waals surface area contributed by atoms with Crippen LogP contribution in [0.4, 0.5) is 9.59 Å². The molecule has 6 heteroatoms. The molecule has 0 aliphatic heterocycles. The molecular formula is C17H22N2O4. The molecule has 1 heterocycles. The fourth-order valence-electron chi connectivity index (χ4n) is 2.55. The number of nitrogens with two attached hydrogens (primary N) is 1. The third-order valence-electron chi connectivity index (χ3n) is 3.41. The predicted octanol–water partition coefficient (Wildman–Crippen LogP) is 3.37. The summed E-state index contributed by atoms with van der Waals surface area (Å²) in [6.45, 7) is 7.50. The van der Waals surface area contributed by atoms with Crippen LogP contribution < -0.4 is 5.73 Å². The second-order valence-electron chi connectivity index (χ2n) is 6.31. The van der Waals surface area contributed by atoms with E-state index in [2.05, 4.69) is 0 Å². The summed E-state index contributed by atoms with van der Waals surface area (Å²) < 4.78 is 11.9. The Balaban J connectivity index is 2.43. The van der Waals surface area contributed by atoms with Crippen LogP contribution in [0.1, 0.15) is 32.0 Å². The fraction of sp³-hybridized carbons (Fsp3) is 0.412. The van der Waals surface area contributed by atoms with Crippen LogP contribution in [-0.2, 0) is 15.9 Å². The molecule has 1 amide bonds. The topological polar surface area (TPSA) is 83.5 Å². The van der Waals surface area contributed by atoms with E-state index in [0.29, 0.717) is 6.42 Å². The second-order valence-corrected chi connectivity index (χ2v) is 6.31. The number of hydrogen-bond donors (Lipinski definition) is 1. The molecule has 124 valence electrons. The smallest absolute Gasteiger partial charge is 0.419 e. The van der Waals surface area contributed by atoms with Crippen molar-refractivity contribution in [3.63, 3.8) is 0 Å². The van der Waals surface area contributed by atoms with Gasteiger partial charge in [0, 0.05) is 17.5 Å². The molecular weight excluding hydrogens is 296 g/mol. The molecule has 0 aliphatic rings. The summed E-state index contributed by atoms with van der Waals surface area (Å²) in [7, 11) is 0. The van der Waals surface area contributed by atoms with E-state index < -0.39 is 17.8 Å². The van der Waals surface area contributed by atoms with Gasteiger partial charge in [0.25, 0.3) is 0 Å². The summed E-state index contributed by atoms with van der Waals surface area (Å²) in [5, 5.41) is 0.934. The van der Waals surface area contributed by atoms with Gasteiger partial charge in [-0.15, -0.1) is 0 Å². The van der Waals surface area contributed by atoms with Crippen molar-refractivity contribution in [1.82, 2.24) is 4.57 Å². The van der Waals surface area contributed by atoms with Crippen LogP contribution in [-0.4, -0.2) is 29.0 Å². The summed E-state index contributed by atoms with van der Waals surface area (Å²) in [5.74, 6) is 0. The van der Waals surface area contributed by atoms with E-state index in [4.69, 9.17) is 15.2 Å². The predicted molar refractivity (Wildman–Crippen MR) is 87.5 cm³/mol. The molecule has 0 bridgehead atoms. The number of nitrogens with zero attached hydrogens (tertiary/aromatic N) is 1. The number of carbonyl (C=O) groups excluding carboxylic acids is 2. The Morgan fingerprint density at radius 1 is 1.22 bits per heavy atom. The van der Waals surface area contributed by atoms with Gasteiger partial charge in [-0.2, -0.15) is 0 Å². The van der Waals surface area contributed by atoms with Crippen molar-refractivity contribution in [3.8, 4) is 0 Å². The summed E-state index contributed by atoms with van der Waals surface area (Å²) in [6, 6.07) is 7.57. The Labute approximate surface area is 135 Å². The first-order valence-electron chi connectivity index (χ1n) is 7.45. The molecule has 0 atom stereocenters. The normalized spacial score (nSPS) is 11.5. The van der Waals surface area contributed by atoms with Crippen LogP contribution in [0.25, 0.3) is 10.9 Å². The van der Waals surface area contributed by atoms with Crippen molar-refractivity contribution in [2.75, 3.05) is 6.61 Å². The van der Waals surface area contributed by atoms with Crippen molar-refractivity contribution in [2.45, 2.75) is 39.7 Å². The van der Waals surface area contributed by atoms with Gasteiger partial charge in [0.2, 0.25) is 0 Å². The lowest BCUT2D eigenvalue weighted by Gasteiger charge is -2.20. The van der Waals surface area contributed by atoms with Crippen molar-refractivity contribution in [2.24, 2.45) is 5.73 Å². The zero-order valence-electron chi connectivity index (χ0n) is 13.9. The third kappa shape index (κ3) is 3.83. The van der Waals surface area contributed by atoms with Crippen LogP contribution in [0.5, 0.6) is 0 Å². The minimum atomic E-state index is -0.807. The highest BCUT2D eigenvalue weighted by atomic mass is 16.6. The van der Waals surface area contributed by atoms with Crippen molar-refractivity contribution in [1.29, 1.82) is 0 Å². The number of fused-ring (bicyclic) bond motifs is 1. The minimum Gasteiger partial charge on any atom is -0.449 e. The number of carbonyl (C=O) groups is 2. The summed E-state index contributed by atoms with van der Waals surface area (Å²) in [5.41, 5.74) is 6.89. The largest absolute Gasteiger partial charge is 0.449 e. The van der Waals surface area contributed by atoms with Crippen LogP contribution in [0.15, 0.2) is 24.3 Å². The summed E-state index contributed by atoms with van der Waals surface area (Å²) in [6.07, 6.45) is -0.753. The zero-order chi connectivity index (χ0) is 17.2. The Hall–Kier alpha value is -2.50. The van der Waals surface area contributed by atoms with E-state index in [1.165, 1.54) is 0 Å². The van der Waals surface area contributed by atoms with E-state index in [-0.39, 0.29) is 6.61 Å². The number of para-hydroxylation sites is 1. The molecule has 0 saturated carbocycles. The number of aromatic nitrogens is 1. The maximum atomic E-state index is 12.5. The Kier molecular flexibility index (Phi) is 4.63. The molecule has 0 spiro atoms. The highest BCUT2D eigenvalue weighted by molar-refractivity contribution is 5.93. The van der Waals surface area contributed by atoms with Gasteiger partial charge >= 0.3 is 12.2 Å². The maximum Gasteiger partial charge on any atom is 0.419 e. The van der Waals surface area contributed by atoms with Gasteiger partial charge in [0.05, 0.1) is 12.1 Å². The van der Waals surface area contributed by atoms with Gasteiger partial charge in [-0.05, 0) is 39.3 Å². The second kappa shape index (κ2) is 6.32. The molecule has 0 radical (unpaired) electrons. The van der Waals surface area contributed by atoms with Gasteiger partial charge < -0.3 is 15.2 Å². The van der Waals surface area contributed by atoms with Crippen LogP contribution in [0, 0.1) is 6.92 Å². The molecule has 0 fully saturated rings. The molecule has 2 aromatic rings. The average Bonchev–Trinajstić information content (AvgIpc) is 2.69. The number of primary amides is 1. The van der Waals surface area contributed by atoms with Crippen LogP contribution in [0.3, 0.4) is 0 Å². The number of ether oxygens (including phenoxy) is 2. The first kappa shape index (κ1) is 16.9. The standard InChI is InChI=1S/C17H22N2O4/c1-11-12(9-10-22-15(18)20)13-7-5-6-8-14(13)19(11)16(21)23-17(2,3)4/h5-8H,9-10H2,1-4H3,(H2,18,20). The SMILES string of the molecule is Cc1c(CCOC(N)=O)c2ccccc2n1C(=O)OC(C)(C)C. The van der Waals surface area contributed by atoms with Gasteiger partial charge in [-0.1, -0.05) is 18.2 Å². The first-order valence-corrected chi connectivity index (χ1v) is 7.45. The quantitative estimate of drug-likeness (QED) is 0.940. The monoisotopic (exact) mass is 318 g/mol. The number of hydrogen-bond acceptors (Lipinski definition) is 4. The third-order valence-corrected chi connectivity index (χ3v) is 3.41. The molecule has 0 aliphatic carbocycles. The number of rotatable bonds is 3. The molecule has 0 saturated heterocycles. The van der Waals surface area contributed by atoms with Crippen molar-refractivity contribution >= 4 is 23.1 Å². The van der Waals surface area contributed by atoms with Gasteiger partial charge in [0.1, 0.15) is 5.60 Å². The average molecular weight is 318 g/mol. The van der Waals surface area contributed by atoms with Crippen LogP contribution in [0.2, 0.25) is 0 Å². The Bertz CT molecular complexity index is 741. The van der Waals surface area contributed by atoms with Gasteiger partial charge in [0.15, 0.2) is 0 Å². The zero-order valence-corrected chi connectivity index (χ0v) is 13.9. The van der Waals surface area contributed by atoms with E-state index in [9.17, 15) is 9.59 Å². The van der Waals surface area contributed by atoms with Gasteiger partial charge in [-0.3, -0.25) is 0 Å². The number of amides is 1. The molecule has 0 unspecified atom stereocenters. The lowest BCUT2D eigenvalue weighted by Crippen LogP contribution is -2.27.